The van der Waals surface area contributed by atoms with Crippen LogP contribution in [-0.2, 0) is 27.1 Å². The van der Waals surface area contributed by atoms with Crippen LogP contribution in [0.15, 0.2) is 24.3 Å². The summed E-state index contributed by atoms with van der Waals surface area (Å²) < 4.78 is 26.6. The van der Waals surface area contributed by atoms with Crippen LogP contribution in [0.4, 0.5) is 0 Å². The van der Waals surface area contributed by atoms with Crippen LogP contribution in [0.25, 0.3) is 0 Å². The number of benzene rings is 1. The monoisotopic (exact) mass is 299 g/mol. The van der Waals surface area contributed by atoms with Crippen LogP contribution < -0.4 is 16.2 Å². The van der Waals surface area contributed by atoms with Crippen molar-refractivity contribution in [2.45, 2.75) is 32.2 Å². The lowest BCUT2D eigenvalue weighted by atomic mass is 10.1. The van der Waals surface area contributed by atoms with Gasteiger partial charge in [0.15, 0.2) is 0 Å². The van der Waals surface area contributed by atoms with E-state index in [1.807, 2.05) is 0 Å². The van der Waals surface area contributed by atoms with Crippen LogP contribution in [0.3, 0.4) is 0 Å². The number of carbonyl (C=O) groups is 1. The molecule has 5 N–H and O–H groups in total. The van der Waals surface area contributed by atoms with E-state index < -0.39 is 22.0 Å². The van der Waals surface area contributed by atoms with Crippen LogP contribution in [-0.4, -0.2) is 20.4 Å². The van der Waals surface area contributed by atoms with Gasteiger partial charge in [0.1, 0.15) is 6.04 Å². The standard InChI is InChI=1S/C13H21N3O3S/c1-9(2)12(13(15)17)16-20(18,19)8-11-6-4-3-5-10(11)7-14/h3-6,9,12,16H,7-8,14H2,1-2H3,(H2,15,17). The van der Waals surface area contributed by atoms with Gasteiger partial charge in [-0.25, -0.2) is 13.1 Å². The van der Waals surface area contributed by atoms with E-state index in [0.29, 0.717) is 5.56 Å². The van der Waals surface area contributed by atoms with Crippen molar-refractivity contribution in [1.82, 2.24) is 4.72 Å². The van der Waals surface area contributed by atoms with Gasteiger partial charge in [-0.2, -0.15) is 0 Å². The first-order chi connectivity index (χ1) is 9.26. The summed E-state index contributed by atoms with van der Waals surface area (Å²) in [5.74, 6) is -1.13. The maximum atomic E-state index is 12.1. The molecular formula is C13H21N3O3S. The molecule has 1 aromatic rings. The number of amides is 1. The summed E-state index contributed by atoms with van der Waals surface area (Å²) in [6, 6.07) is 6.11. The van der Waals surface area contributed by atoms with E-state index in [1.54, 1.807) is 38.1 Å². The SMILES string of the molecule is CC(C)C(NS(=O)(=O)Cc1ccccc1CN)C(N)=O. The lowest BCUT2D eigenvalue weighted by Gasteiger charge is -2.19. The van der Waals surface area contributed by atoms with E-state index in [9.17, 15) is 13.2 Å². The van der Waals surface area contributed by atoms with E-state index in [1.165, 1.54) is 0 Å². The van der Waals surface area contributed by atoms with Crippen molar-refractivity contribution in [1.29, 1.82) is 0 Å². The normalized spacial score (nSPS) is 13.4. The number of hydrogen-bond donors (Lipinski definition) is 3. The van der Waals surface area contributed by atoms with Crippen LogP contribution in [0.1, 0.15) is 25.0 Å². The molecule has 0 fully saturated rings. The molecular weight excluding hydrogens is 278 g/mol. The van der Waals surface area contributed by atoms with E-state index >= 15 is 0 Å². The maximum absolute atomic E-state index is 12.1. The quantitative estimate of drug-likeness (QED) is 0.661. The highest BCUT2D eigenvalue weighted by atomic mass is 32.2. The van der Waals surface area contributed by atoms with E-state index in [-0.39, 0.29) is 18.2 Å². The number of carbonyl (C=O) groups excluding carboxylic acids is 1. The van der Waals surface area contributed by atoms with Gasteiger partial charge < -0.3 is 11.5 Å². The third-order valence-corrected chi connectivity index (χ3v) is 4.27. The molecule has 6 nitrogen and oxygen atoms in total. The molecule has 1 aromatic carbocycles. The van der Waals surface area contributed by atoms with Gasteiger partial charge in [-0.1, -0.05) is 38.1 Å². The molecule has 1 atom stereocenters. The zero-order chi connectivity index (χ0) is 15.3. The van der Waals surface area contributed by atoms with Gasteiger partial charge in [0.2, 0.25) is 15.9 Å². The minimum atomic E-state index is -3.66. The first-order valence-corrected chi connectivity index (χ1v) is 7.98. The summed E-state index contributed by atoms with van der Waals surface area (Å²) in [4.78, 5) is 11.3. The number of nitrogens with two attached hydrogens (primary N) is 2. The van der Waals surface area contributed by atoms with E-state index in [4.69, 9.17) is 11.5 Å². The largest absolute Gasteiger partial charge is 0.368 e. The van der Waals surface area contributed by atoms with Gasteiger partial charge in [0.25, 0.3) is 0 Å². The molecule has 0 aliphatic heterocycles. The third-order valence-electron chi connectivity index (χ3n) is 2.96. The van der Waals surface area contributed by atoms with Gasteiger partial charge in [-0.15, -0.1) is 0 Å². The molecule has 0 radical (unpaired) electrons. The molecule has 20 heavy (non-hydrogen) atoms. The molecule has 1 rings (SSSR count). The fourth-order valence-electron chi connectivity index (χ4n) is 1.86. The molecule has 0 aliphatic carbocycles. The minimum Gasteiger partial charge on any atom is -0.368 e. The van der Waals surface area contributed by atoms with Gasteiger partial charge in [0, 0.05) is 6.54 Å². The Labute approximate surface area is 119 Å². The maximum Gasteiger partial charge on any atom is 0.235 e. The molecule has 1 unspecified atom stereocenters. The molecule has 0 heterocycles. The second-order valence-corrected chi connectivity index (χ2v) is 6.73. The zero-order valence-corrected chi connectivity index (χ0v) is 12.5. The number of hydrogen-bond acceptors (Lipinski definition) is 4. The Morgan fingerprint density at radius 3 is 2.25 bits per heavy atom. The topological polar surface area (TPSA) is 115 Å². The summed E-state index contributed by atoms with van der Waals surface area (Å²) in [7, 11) is -3.66. The van der Waals surface area contributed by atoms with Gasteiger partial charge in [0.05, 0.1) is 5.75 Å². The summed E-state index contributed by atoms with van der Waals surface area (Å²) in [6.07, 6.45) is 0. The molecule has 0 bridgehead atoms. The Balaban J connectivity index is 2.92. The van der Waals surface area contributed by atoms with Crippen LogP contribution in [0.5, 0.6) is 0 Å². The lowest BCUT2D eigenvalue weighted by Crippen LogP contribution is -2.47. The third kappa shape index (κ3) is 4.59. The molecule has 1 amide bonds. The molecule has 0 aromatic heterocycles. The van der Waals surface area contributed by atoms with Crippen molar-refractivity contribution in [3.63, 3.8) is 0 Å². The molecule has 0 aliphatic rings. The Morgan fingerprint density at radius 2 is 1.80 bits per heavy atom. The molecule has 0 saturated heterocycles. The lowest BCUT2D eigenvalue weighted by molar-refractivity contribution is -0.120. The molecule has 7 heteroatoms. The smallest absolute Gasteiger partial charge is 0.235 e. The average Bonchev–Trinajstić information content (AvgIpc) is 2.35. The Bertz CT molecular complexity index is 570. The van der Waals surface area contributed by atoms with E-state index in [2.05, 4.69) is 4.72 Å². The number of sulfonamides is 1. The van der Waals surface area contributed by atoms with Crippen molar-refractivity contribution in [2.24, 2.45) is 17.4 Å². The predicted octanol–water partition coefficient (Wildman–Crippen LogP) is 0.0746. The van der Waals surface area contributed by atoms with Crippen molar-refractivity contribution in [3.05, 3.63) is 35.4 Å². The summed E-state index contributed by atoms with van der Waals surface area (Å²) in [5.41, 5.74) is 12.2. The Morgan fingerprint density at radius 1 is 1.25 bits per heavy atom. The second-order valence-electron chi connectivity index (χ2n) is 4.97. The van der Waals surface area contributed by atoms with Gasteiger partial charge >= 0.3 is 0 Å². The fourth-order valence-corrected chi connectivity index (χ4v) is 3.41. The van der Waals surface area contributed by atoms with E-state index in [0.717, 1.165) is 5.56 Å². The minimum absolute atomic E-state index is 0.216. The van der Waals surface area contributed by atoms with Gasteiger partial charge in [-0.05, 0) is 17.0 Å². The number of primary amides is 1. The Kier molecular flexibility index (Phi) is 5.67. The molecule has 0 saturated carbocycles. The van der Waals surface area contributed by atoms with Crippen LogP contribution >= 0.6 is 0 Å². The highest BCUT2D eigenvalue weighted by Crippen LogP contribution is 2.13. The Hall–Kier alpha value is -1.44. The first-order valence-electron chi connectivity index (χ1n) is 6.33. The van der Waals surface area contributed by atoms with Crippen LogP contribution in [0.2, 0.25) is 0 Å². The highest BCUT2D eigenvalue weighted by molar-refractivity contribution is 7.88. The predicted molar refractivity (Wildman–Crippen MR) is 77.9 cm³/mol. The summed E-state index contributed by atoms with van der Waals surface area (Å²) >= 11 is 0. The number of rotatable bonds is 7. The van der Waals surface area contributed by atoms with Crippen molar-refractivity contribution in [3.8, 4) is 0 Å². The fraction of sp³-hybridized carbons (Fsp3) is 0.462. The van der Waals surface area contributed by atoms with Gasteiger partial charge in [-0.3, -0.25) is 4.79 Å². The van der Waals surface area contributed by atoms with Crippen molar-refractivity contribution < 1.29 is 13.2 Å². The average molecular weight is 299 g/mol. The molecule has 112 valence electrons. The second kappa shape index (κ2) is 6.83. The number of nitrogens with one attached hydrogen (secondary N) is 1. The molecule has 0 spiro atoms. The van der Waals surface area contributed by atoms with Crippen molar-refractivity contribution in [2.75, 3.05) is 0 Å². The summed E-state index contributed by atoms with van der Waals surface area (Å²) in [6.45, 7) is 3.71. The highest BCUT2D eigenvalue weighted by Gasteiger charge is 2.25. The van der Waals surface area contributed by atoms with Crippen molar-refractivity contribution >= 4 is 15.9 Å². The summed E-state index contributed by atoms with van der Waals surface area (Å²) in [5, 5.41) is 0. The van der Waals surface area contributed by atoms with Crippen LogP contribution in [0, 0.1) is 5.92 Å². The first kappa shape index (κ1) is 16.6. The zero-order valence-electron chi connectivity index (χ0n) is 11.7.